The normalized spacial score (nSPS) is 18.4. The number of anilines is 1. The van der Waals surface area contributed by atoms with Crippen LogP contribution >= 0.6 is 15.9 Å². The predicted molar refractivity (Wildman–Crippen MR) is 75.1 cm³/mol. The van der Waals surface area contributed by atoms with E-state index in [1.807, 2.05) is 24.3 Å². The number of carboxylic acid groups (broad SMARTS) is 1. The third-order valence-electron chi connectivity index (χ3n) is 3.15. The highest BCUT2D eigenvalue weighted by Crippen LogP contribution is 2.24. The Labute approximate surface area is 119 Å². The van der Waals surface area contributed by atoms with Gasteiger partial charge in [0, 0.05) is 24.0 Å². The molecule has 2 rings (SSSR count). The highest BCUT2D eigenvalue weighted by atomic mass is 79.9. The van der Waals surface area contributed by atoms with Crippen molar-refractivity contribution in [3.63, 3.8) is 0 Å². The lowest BCUT2D eigenvalue weighted by Crippen LogP contribution is -2.33. The maximum absolute atomic E-state index is 12.0. The maximum Gasteiger partial charge on any atom is 0.321 e. The van der Waals surface area contributed by atoms with Crippen LogP contribution < -0.4 is 5.32 Å². The molecular formula is C13H15BrN2O3. The molecule has 6 heteroatoms. The number of carbonyl (C=O) groups is 2. The summed E-state index contributed by atoms with van der Waals surface area (Å²) in [6, 6.07) is 7.20. The van der Waals surface area contributed by atoms with Crippen LogP contribution in [0.2, 0.25) is 0 Å². The summed E-state index contributed by atoms with van der Waals surface area (Å²) in [5, 5.41) is 11.6. The molecule has 0 aromatic heterocycles. The number of urea groups is 1. The van der Waals surface area contributed by atoms with Gasteiger partial charge in [0.1, 0.15) is 0 Å². The van der Waals surface area contributed by atoms with E-state index in [2.05, 4.69) is 21.2 Å². The van der Waals surface area contributed by atoms with Crippen LogP contribution in [0.15, 0.2) is 28.7 Å². The SMILES string of the molecule is O=C(O)CC1CCN(C(=O)Nc2ccccc2Br)C1. The molecule has 2 N–H and O–H groups in total. The van der Waals surface area contributed by atoms with Crippen molar-refractivity contribution in [1.29, 1.82) is 0 Å². The molecule has 19 heavy (non-hydrogen) atoms. The second-order valence-electron chi connectivity index (χ2n) is 4.61. The number of nitrogens with zero attached hydrogens (tertiary/aromatic N) is 1. The molecule has 0 bridgehead atoms. The number of halogens is 1. The van der Waals surface area contributed by atoms with E-state index in [1.165, 1.54) is 0 Å². The molecule has 1 unspecified atom stereocenters. The molecular weight excluding hydrogens is 312 g/mol. The number of carbonyl (C=O) groups excluding carboxylic acids is 1. The quantitative estimate of drug-likeness (QED) is 0.897. The minimum absolute atomic E-state index is 0.0578. The second-order valence-corrected chi connectivity index (χ2v) is 5.46. The number of hydrogen-bond acceptors (Lipinski definition) is 2. The Kier molecular flexibility index (Phi) is 4.42. The van der Waals surface area contributed by atoms with E-state index in [9.17, 15) is 9.59 Å². The van der Waals surface area contributed by atoms with Crippen LogP contribution in [0.4, 0.5) is 10.5 Å². The van der Waals surface area contributed by atoms with Gasteiger partial charge in [-0.25, -0.2) is 4.79 Å². The number of likely N-dealkylation sites (tertiary alicyclic amines) is 1. The van der Waals surface area contributed by atoms with E-state index in [-0.39, 0.29) is 18.4 Å². The minimum Gasteiger partial charge on any atom is -0.481 e. The molecule has 1 aromatic carbocycles. The lowest BCUT2D eigenvalue weighted by atomic mass is 10.1. The van der Waals surface area contributed by atoms with Gasteiger partial charge in [0.25, 0.3) is 0 Å². The lowest BCUT2D eigenvalue weighted by Gasteiger charge is -2.17. The molecule has 5 nitrogen and oxygen atoms in total. The first kappa shape index (κ1) is 13.9. The van der Waals surface area contributed by atoms with Crippen molar-refractivity contribution in [3.8, 4) is 0 Å². The zero-order chi connectivity index (χ0) is 13.8. The standard InChI is InChI=1S/C13H15BrN2O3/c14-10-3-1-2-4-11(10)15-13(19)16-6-5-9(8-16)7-12(17)18/h1-4,9H,5-8H2,(H,15,19)(H,17,18). The van der Waals surface area contributed by atoms with E-state index in [4.69, 9.17) is 5.11 Å². The summed E-state index contributed by atoms with van der Waals surface area (Å²) in [4.78, 5) is 24.3. The molecule has 0 radical (unpaired) electrons. The van der Waals surface area contributed by atoms with Crippen molar-refractivity contribution in [2.24, 2.45) is 5.92 Å². The summed E-state index contributed by atoms with van der Waals surface area (Å²) in [5.41, 5.74) is 0.717. The monoisotopic (exact) mass is 326 g/mol. The number of amides is 2. The Morgan fingerprint density at radius 1 is 1.42 bits per heavy atom. The van der Waals surface area contributed by atoms with E-state index in [0.29, 0.717) is 18.8 Å². The highest BCUT2D eigenvalue weighted by Gasteiger charge is 2.27. The second kappa shape index (κ2) is 6.06. The van der Waals surface area contributed by atoms with Crippen LogP contribution in [0.1, 0.15) is 12.8 Å². The third kappa shape index (κ3) is 3.70. The van der Waals surface area contributed by atoms with Gasteiger partial charge < -0.3 is 15.3 Å². The fraction of sp³-hybridized carbons (Fsp3) is 0.385. The largest absolute Gasteiger partial charge is 0.481 e. The van der Waals surface area contributed by atoms with Crippen molar-refractivity contribution in [2.45, 2.75) is 12.8 Å². The molecule has 0 aliphatic carbocycles. The number of rotatable bonds is 3. The van der Waals surface area contributed by atoms with Gasteiger partial charge in [-0.3, -0.25) is 4.79 Å². The van der Waals surface area contributed by atoms with Crippen LogP contribution in [0.25, 0.3) is 0 Å². The summed E-state index contributed by atoms with van der Waals surface area (Å²) >= 11 is 3.37. The molecule has 0 spiro atoms. The molecule has 102 valence electrons. The summed E-state index contributed by atoms with van der Waals surface area (Å²) in [6.07, 6.45) is 0.870. The first-order valence-corrected chi connectivity index (χ1v) is 6.88. The van der Waals surface area contributed by atoms with Crippen molar-refractivity contribution >= 4 is 33.6 Å². The molecule has 1 aromatic rings. The Bertz CT molecular complexity index is 493. The van der Waals surface area contributed by atoms with Crippen molar-refractivity contribution in [2.75, 3.05) is 18.4 Å². The smallest absolute Gasteiger partial charge is 0.321 e. The molecule has 1 aliphatic heterocycles. The first-order chi connectivity index (χ1) is 9.06. The Morgan fingerprint density at radius 2 is 2.16 bits per heavy atom. The molecule has 1 atom stereocenters. The summed E-state index contributed by atoms with van der Waals surface area (Å²) in [5.74, 6) is -0.750. The Morgan fingerprint density at radius 3 is 2.84 bits per heavy atom. The van der Waals surface area contributed by atoms with E-state index in [0.717, 1.165) is 10.9 Å². The summed E-state index contributed by atoms with van der Waals surface area (Å²) < 4.78 is 0.824. The van der Waals surface area contributed by atoms with E-state index < -0.39 is 5.97 Å². The number of carboxylic acids is 1. The first-order valence-electron chi connectivity index (χ1n) is 6.08. The van der Waals surface area contributed by atoms with Crippen LogP contribution in [0, 0.1) is 5.92 Å². The molecule has 2 amide bonds. The third-order valence-corrected chi connectivity index (χ3v) is 3.84. The van der Waals surface area contributed by atoms with Crippen LogP contribution in [-0.2, 0) is 4.79 Å². The van der Waals surface area contributed by atoms with Gasteiger partial charge in [0.2, 0.25) is 0 Å². The van der Waals surface area contributed by atoms with Gasteiger partial charge in [0.05, 0.1) is 5.69 Å². The van der Waals surface area contributed by atoms with Gasteiger partial charge in [-0.05, 0) is 40.4 Å². The molecule has 0 saturated carbocycles. The minimum atomic E-state index is -0.807. The van der Waals surface area contributed by atoms with E-state index in [1.54, 1.807) is 4.90 Å². The molecule has 1 heterocycles. The number of hydrogen-bond donors (Lipinski definition) is 2. The maximum atomic E-state index is 12.0. The van der Waals surface area contributed by atoms with Crippen LogP contribution in [-0.4, -0.2) is 35.1 Å². The molecule has 1 fully saturated rings. The van der Waals surface area contributed by atoms with Gasteiger partial charge >= 0.3 is 12.0 Å². The zero-order valence-electron chi connectivity index (χ0n) is 10.3. The fourth-order valence-corrected chi connectivity index (χ4v) is 2.57. The lowest BCUT2D eigenvalue weighted by molar-refractivity contribution is -0.138. The number of aliphatic carboxylic acids is 1. The van der Waals surface area contributed by atoms with Gasteiger partial charge in [-0.1, -0.05) is 12.1 Å². The van der Waals surface area contributed by atoms with E-state index >= 15 is 0 Å². The topological polar surface area (TPSA) is 69.6 Å². The highest BCUT2D eigenvalue weighted by molar-refractivity contribution is 9.10. The van der Waals surface area contributed by atoms with Gasteiger partial charge in [0.15, 0.2) is 0 Å². The zero-order valence-corrected chi connectivity index (χ0v) is 11.9. The summed E-state index contributed by atoms with van der Waals surface area (Å²) in [7, 11) is 0. The van der Waals surface area contributed by atoms with Crippen molar-refractivity contribution in [3.05, 3.63) is 28.7 Å². The van der Waals surface area contributed by atoms with Crippen molar-refractivity contribution in [1.82, 2.24) is 4.90 Å². The van der Waals surface area contributed by atoms with Crippen LogP contribution in [0.5, 0.6) is 0 Å². The number of benzene rings is 1. The fourth-order valence-electron chi connectivity index (χ4n) is 2.19. The Hall–Kier alpha value is -1.56. The average Bonchev–Trinajstić information content (AvgIpc) is 2.79. The predicted octanol–water partition coefficient (Wildman–Crippen LogP) is 2.78. The van der Waals surface area contributed by atoms with Gasteiger partial charge in [-0.2, -0.15) is 0 Å². The molecule has 1 aliphatic rings. The number of nitrogens with one attached hydrogen (secondary N) is 1. The van der Waals surface area contributed by atoms with Crippen LogP contribution in [0.3, 0.4) is 0 Å². The molecule has 1 saturated heterocycles. The van der Waals surface area contributed by atoms with Crippen molar-refractivity contribution < 1.29 is 14.7 Å². The Balaban J connectivity index is 1.91. The summed E-state index contributed by atoms with van der Waals surface area (Å²) in [6.45, 7) is 1.11. The number of para-hydroxylation sites is 1. The van der Waals surface area contributed by atoms with Gasteiger partial charge in [-0.15, -0.1) is 0 Å². The average molecular weight is 327 g/mol.